The Hall–Kier alpha value is -5.18. The van der Waals surface area contributed by atoms with Crippen molar-refractivity contribution in [3.8, 4) is 27.9 Å². The lowest BCUT2D eigenvalue weighted by atomic mass is 9.68. The smallest absolute Gasteiger partial charge is 0.0713 e. The molecule has 1 aromatic heterocycles. The summed E-state index contributed by atoms with van der Waals surface area (Å²) in [6.07, 6.45) is 1.11. The second-order valence-electron chi connectivity index (χ2n) is 13.8. The zero-order valence-electron chi connectivity index (χ0n) is 27.7. The van der Waals surface area contributed by atoms with Crippen molar-refractivity contribution in [3.63, 3.8) is 0 Å². The van der Waals surface area contributed by atoms with Crippen molar-refractivity contribution in [2.75, 3.05) is 0 Å². The topological polar surface area (TPSA) is 4.93 Å². The molecular weight excluding hydrogens is 658 g/mol. The molecule has 0 saturated carbocycles. The summed E-state index contributed by atoms with van der Waals surface area (Å²) in [5.41, 5.74) is 14.9. The van der Waals surface area contributed by atoms with Gasteiger partial charge >= 0.3 is 0 Å². The lowest BCUT2D eigenvalue weighted by Crippen LogP contribution is -2.28. The van der Waals surface area contributed by atoms with Gasteiger partial charge in [0.1, 0.15) is 0 Å². The number of hydrogen-bond donors (Lipinski definition) is 0. The molecule has 236 valence electrons. The Morgan fingerprint density at radius 3 is 1.73 bits per heavy atom. The first-order valence-corrected chi connectivity index (χ1v) is 18.0. The Morgan fingerprint density at radius 2 is 1.08 bits per heavy atom. The number of aromatic nitrogens is 1. The molecule has 7 aromatic carbocycles. The maximum Gasteiger partial charge on any atom is 0.0713 e. The normalized spacial score (nSPS) is 13.2. The number of hydrogen-bond acceptors (Lipinski definition) is 0. The maximum atomic E-state index is 3.69. The summed E-state index contributed by atoms with van der Waals surface area (Å²) < 4.78 is 3.51. The molecule has 1 nitrogen and oxygen atoms in total. The molecule has 0 radical (unpaired) electrons. The fourth-order valence-corrected chi connectivity index (χ4v) is 8.58. The molecule has 0 amide bonds. The van der Waals surface area contributed by atoms with Gasteiger partial charge in [-0.05, 0) is 105 Å². The molecule has 0 saturated heterocycles. The number of para-hydroxylation sites is 1. The van der Waals surface area contributed by atoms with Crippen LogP contribution < -0.4 is 0 Å². The minimum absolute atomic E-state index is 0.424. The lowest BCUT2D eigenvalue weighted by Gasteiger charge is -2.34. The van der Waals surface area contributed by atoms with Crippen molar-refractivity contribution in [1.82, 2.24) is 4.57 Å². The van der Waals surface area contributed by atoms with E-state index < -0.39 is 5.41 Å². The number of rotatable bonds is 6. The number of benzene rings is 7. The van der Waals surface area contributed by atoms with Crippen LogP contribution in [-0.2, 0) is 11.8 Å². The third-order valence-electron chi connectivity index (χ3n) is 10.4. The first-order chi connectivity index (χ1) is 24.0. The van der Waals surface area contributed by atoms with Crippen LogP contribution in [0, 0.1) is 5.92 Å². The van der Waals surface area contributed by atoms with Gasteiger partial charge in [0, 0.05) is 20.9 Å². The lowest BCUT2D eigenvalue weighted by molar-refractivity contribution is 0.647. The summed E-state index contributed by atoms with van der Waals surface area (Å²) in [6, 6.07) is 60.9. The molecule has 0 unspecified atom stereocenters. The predicted octanol–water partition coefficient (Wildman–Crippen LogP) is 12.8. The van der Waals surface area contributed by atoms with Crippen molar-refractivity contribution >= 4 is 37.7 Å². The Labute approximate surface area is 296 Å². The first-order valence-electron chi connectivity index (χ1n) is 17.2. The third-order valence-corrected chi connectivity index (χ3v) is 10.9. The molecular formula is C47H36BrN. The molecule has 9 rings (SSSR count). The van der Waals surface area contributed by atoms with Crippen LogP contribution in [0.5, 0.6) is 0 Å². The summed E-state index contributed by atoms with van der Waals surface area (Å²) in [7, 11) is 0. The van der Waals surface area contributed by atoms with Crippen molar-refractivity contribution < 1.29 is 0 Å². The van der Waals surface area contributed by atoms with Gasteiger partial charge in [-0.1, -0.05) is 151 Å². The van der Waals surface area contributed by atoms with E-state index in [1.807, 2.05) is 0 Å². The number of halogens is 1. The van der Waals surface area contributed by atoms with Gasteiger partial charge in [0.2, 0.25) is 0 Å². The van der Waals surface area contributed by atoms with E-state index >= 15 is 0 Å². The average molecular weight is 695 g/mol. The highest BCUT2D eigenvalue weighted by atomic mass is 79.9. The van der Waals surface area contributed by atoms with E-state index in [9.17, 15) is 0 Å². The van der Waals surface area contributed by atoms with Crippen LogP contribution in [0.1, 0.15) is 41.7 Å². The van der Waals surface area contributed by atoms with Gasteiger partial charge in [0.25, 0.3) is 0 Å². The van der Waals surface area contributed by atoms with E-state index in [0.717, 1.165) is 16.6 Å². The van der Waals surface area contributed by atoms with E-state index in [-0.39, 0.29) is 0 Å². The minimum atomic E-state index is -0.424. The van der Waals surface area contributed by atoms with E-state index in [4.69, 9.17) is 0 Å². The summed E-state index contributed by atoms with van der Waals surface area (Å²) in [4.78, 5) is 0. The molecule has 0 aliphatic heterocycles. The molecule has 0 bridgehead atoms. The van der Waals surface area contributed by atoms with Crippen LogP contribution in [0.25, 0.3) is 49.7 Å². The number of fused-ring (bicyclic) bond motifs is 6. The summed E-state index contributed by atoms with van der Waals surface area (Å²) in [5.74, 6) is 0.651. The van der Waals surface area contributed by atoms with Crippen molar-refractivity contribution in [3.05, 3.63) is 196 Å². The summed E-state index contributed by atoms with van der Waals surface area (Å²) >= 11 is 3.69. The van der Waals surface area contributed by atoms with Crippen molar-refractivity contribution in [1.29, 1.82) is 0 Å². The van der Waals surface area contributed by atoms with Gasteiger partial charge in [-0.3, -0.25) is 0 Å². The van der Waals surface area contributed by atoms with Gasteiger partial charge in [-0.2, -0.15) is 0 Å². The fourth-order valence-electron chi connectivity index (χ4n) is 8.32. The standard InChI is InChI=1S/C47H36BrN/c1-31(2)29-32-15-17-33(18-16-32)34-19-28-46-42(30-34)41-11-5-8-14-45(41)49(46)38-26-22-36(23-27-38)47(35-20-24-37(48)25-21-35)43-12-6-3-9-39(43)40-10-4-7-13-44(40)47/h3-28,30-31H,29H2,1-2H3. The number of nitrogens with zero attached hydrogens (tertiary/aromatic N) is 1. The van der Waals surface area contributed by atoms with Crippen molar-refractivity contribution in [2.24, 2.45) is 5.92 Å². The molecule has 1 heterocycles. The van der Waals surface area contributed by atoms with Crippen LogP contribution in [0.3, 0.4) is 0 Å². The molecule has 0 fully saturated rings. The maximum absolute atomic E-state index is 3.69. The molecule has 2 heteroatoms. The van der Waals surface area contributed by atoms with Gasteiger partial charge in [0.05, 0.1) is 16.4 Å². The molecule has 0 atom stereocenters. The Kier molecular flexibility index (Phi) is 7.18. The zero-order chi connectivity index (χ0) is 33.1. The van der Waals surface area contributed by atoms with Gasteiger partial charge in [0.15, 0.2) is 0 Å². The SMILES string of the molecule is CC(C)Cc1ccc(-c2ccc3c(c2)c2ccccc2n3-c2ccc(C3(c4ccc(Br)cc4)c4ccccc4-c4ccccc43)cc2)cc1. The van der Waals surface area contributed by atoms with Crippen LogP contribution >= 0.6 is 15.9 Å². The van der Waals surface area contributed by atoms with Gasteiger partial charge in [-0.25, -0.2) is 0 Å². The summed E-state index contributed by atoms with van der Waals surface area (Å²) in [5, 5.41) is 2.54. The largest absolute Gasteiger partial charge is 0.309 e. The predicted molar refractivity (Wildman–Crippen MR) is 210 cm³/mol. The van der Waals surface area contributed by atoms with E-state index in [0.29, 0.717) is 5.92 Å². The molecule has 8 aromatic rings. The monoisotopic (exact) mass is 693 g/mol. The van der Waals surface area contributed by atoms with Crippen molar-refractivity contribution in [2.45, 2.75) is 25.7 Å². The average Bonchev–Trinajstić information content (AvgIpc) is 3.63. The van der Waals surface area contributed by atoms with Crippen LogP contribution in [0.15, 0.2) is 168 Å². The van der Waals surface area contributed by atoms with Gasteiger partial charge in [-0.15, -0.1) is 0 Å². The van der Waals surface area contributed by atoms with E-state index in [1.165, 1.54) is 71.9 Å². The molecule has 0 N–H and O–H groups in total. The Morgan fingerprint density at radius 1 is 0.531 bits per heavy atom. The fraction of sp³-hybridized carbons (Fsp3) is 0.106. The van der Waals surface area contributed by atoms with E-state index in [2.05, 4.69) is 198 Å². The quantitative estimate of drug-likeness (QED) is 0.163. The first kappa shape index (κ1) is 29.9. The second-order valence-corrected chi connectivity index (χ2v) is 14.7. The molecule has 49 heavy (non-hydrogen) atoms. The molecule has 1 aliphatic rings. The molecule has 1 aliphatic carbocycles. The van der Waals surface area contributed by atoms with Crippen LogP contribution in [0.4, 0.5) is 0 Å². The summed E-state index contributed by atoms with van der Waals surface area (Å²) in [6.45, 7) is 4.55. The highest BCUT2D eigenvalue weighted by Crippen LogP contribution is 2.56. The molecule has 0 spiro atoms. The second kappa shape index (κ2) is 11.8. The third kappa shape index (κ3) is 4.73. The van der Waals surface area contributed by atoms with Crippen LogP contribution in [0.2, 0.25) is 0 Å². The van der Waals surface area contributed by atoms with Crippen LogP contribution in [-0.4, -0.2) is 4.57 Å². The Balaban J connectivity index is 1.20. The zero-order valence-corrected chi connectivity index (χ0v) is 29.3. The highest BCUT2D eigenvalue weighted by molar-refractivity contribution is 9.10. The Bertz CT molecular complexity index is 2440. The van der Waals surface area contributed by atoms with Gasteiger partial charge < -0.3 is 4.57 Å². The van der Waals surface area contributed by atoms with E-state index in [1.54, 1.807) is 0 Å². The minimum Gasteiger partial charge on any atom is -0.309 e. The highest BCUT2D eigenvalue weighted by Gasteiger charge is 2.45.